The number of carbonyl (C=O) groups excluding carboxylic acids is 2. The molecule has 0 saturated carbocycles. The van der Waals surface area contributed by atoms with Gasteiger partial charge in [0.15, 0.2) is 6.61 Å². The lowest BCUT2D eigenvalue weighted by atomic mass is 9.97. The standard InChI is InChI=1S/C17H24N4O3/c22-15(18-11-7-14-5-2-1-3-6-14)13-24-16(23)8-12-21-17-19-9-4-10-20-17/h4-5,9-10H,1-3,6-8,11-13H2,(H,18,22)(H,19,20,21). The molecule has 1 heterocycles. The summed E-state index contributed by atoms with van der Waals surface area (Å²) in [6.07, 6.45) is 11.3. The van der Waals surface area contributed by atoms with Crippen molar-refractivity contribution in [3.63, 3.8) is 0 Å². The molecule has 7 heteroatoms. The van der Waals surface area contributed by atoms with Crippen molar-refractivity contribution in [1.82, 2.24) is 15.3 Å². The van der Waals surface area contributed by atoms with Gasteiger partial charge in [0, 0.05) is 25.5 Å². The average molecular weight is 332 g/mol. The summed E-state index contributed by atoms with van der Waals surface area (Å²) in [5, 5.41) is 5.68. The SMILES string of the molecule is O=C(COC(=O)CCNc1ncccn1)NCCC1=CCCCC1. The molecule has 7 nitrogen and oxygen atoms in total. The van der Waals surface area contributed by atoms with E-state index in [4.69, 9.17) is 4.74 Å². The van der Waals surface area contributed by atoms with Crippen molar-refractivity contribution in [2.24, 2.45) is 0 Å². The number of hydrogen-bond acceptors (Lipinski definition) is 6. The Kier molecular flexibility index (Phi) is 7.73. The molecule has 0 bridgehead atoms. The van der Waals surface area contributed by atoms with Crippen LogP contribution in [0, 0.1) is 0 Å². The Labute approximate surface area is 141 Å². The molecular weight excluding hydrogens is 308 g/mol. The van der Waals surface area contributed by atoms with E-state index in [0.29, 0.717) is 19.0 Å². The van der Waals surface area contributed by atoms with Crippen LogP contribution in [0.4, 0.5) is 5.95 Å². The van der Waals surface area contributed by atoms with Crippen LogP contribution in [0.2, 0.25) is 0 Å². The molecule has 24 heavy (non-hydrogen) atoms. The summed E-state index contributed by atoms with van der Waals surface area (Å²) in [6.45, 7) is 0.716. The first kappa shape index (κ1) is 17.9. The Hall–Kier alpha value is -2.44. The van der Waals surface area contributed by atoms with Gasteiger partial charge in [-0.3, -0.25) is 9.59 Å². The molecule has 1 amide bonds. The van der Waals surface area contributed by atoms with Gasteiger partial charge in [-0.25, -0.2) is 9.97 Å². The van der Waals surface area contributed by atoms with Crippen LogP contribution in [0.15, 0.2) is 30.1 Å². The minimum Gasteiger partial charge on any atom is -0.456 e. The fourth-order valence-electron chi connectivity index (χ4n) is 2.43. The first-order valence-corrected chi connectivity index (χ1v) is 8.35. The third kappa shape index (κ3) is 7.21. The van der Waals surface area contributed by atoms with Crippen LogP contribution in [-0.4, -0.2) is 41.5 Å². The Morgan fingerprint density at radius 3 is 2.75 bits per heavy atom. The van der Waals surface area contributed by atoms with Crippen LogP contribution in [0.5, 0.6) is 0 Å². The summed E-state index contributed by atoms with van der Waals surface area (Å²) in [5.41, 5.74) is 1.41. The van der Waals surface area contributed by atoms with Gasteiger partial charge in [-0.2, -0.15) is 0 Å². The number of aromatic nitrogens is 2. The molecule has 0 radical (unpaired) electrons. The van der Waals surface area contributed by atoms with Crippen LogP contribution < -0.4 is 10.6 Å². The molecule has 2 rings (SSSR count). The second-order valence-corrected chi connectivity index (χ2v) is 5.62. The number of amides is 1. The zero-order valence-corrected chi connectivity index (χ0v) is 13.8. The number of esters is 1. The molecule has 0 fully saturated rings. The van der Waals surface area contributed by atoms with Gasteiger partial charge in [-0.1, -0.05) is 11.6 Å². The van der Waals surface area contributed by atoms with Gasteiger partial charge < -0.3 is 15.4 Å². The topological polar surface area (TPSA) is 93.2 Å². The van der Waals surface area contributed by atoms with E-state index >= 15 is 0 Å². The van der Waals surface area contributed by atoms with Crippen LogP contribution >= 0.6 is 0 Å². The highest BCUT2D eigenvalue weighted by Gasteiger charge is 2.08. The third-order valence-electron chi connectivity index (χ3n) is 3.70. The van der Waals surface area contributed by atoms with Gasteiger partial charge in [0.25, 0.3) is 5.91 Å². The fourth-order valence-corrected chi connectivity index (χ4v) is 2.43. The van der Waals surface area contributed by atoms with Gasteiger partial charge >= 0.3 is 5.97 Å². The Morgan fingerprint density at radius 2 is 2.00 bits per heavy atom. The number of nitrogens with one attached hydrogen (secondary N) is 2. The Bertz CT molecular complexity index is 560. The lowest BCUT2D eigenvalue weighted by Crippen LogP contribution is -2.30. The molecular formula is C17H24N4O3. The number of nitrogens with zero attached hydrogens (tertiary/aromatic N) is 2. The summed E-state index contributed by atoms with van der Waals surface area (Å²) in [5.74, 6) is -0.234. The first-order valence-electron chi connectivity index (χ1n) is 8.35. The minimum atomic E-state index is -0.427. The zero-order chi connectivity index (χ0) is 17.0. The van der Waals surface area contributed by atoms with Gasteiger partial charge in [-0.15, -0.1) is 0 Å². The molecule has 1 aliphatic carbocycles. The van der Waals surface area contributed by atoms with Crippen molar-refractivity contribution >= 4 is 17.8 Å². The van der Waals surface area contributed by atoms with Crippen LogP contribution in [0.1, 0.15) is 38.5 Å². The van der Waals surface area contributed by atoms with E-state index in [-0.39, 0.29) is 18.9 Å². The second-order valence-electron chi connectivity index (χ2n) is 5.62. The zero-order valence-electron chi connectivity index (χ0n) is 13.8. The van der Waals surface area contributed by atoms with Crippen molar-refractivity contribution in [3.8, 4) is 0 Å². The monoisotopic (exact) mass is 332 g/mol. The van der Waals surface area contributed by atoms with Gasteiger partial charge in [0.2, 0.25) is 5.95 Å². The van der Waals surface area contributed by atoms with E-state index in [1.54, 1.807) is 18.5 Å². The highest BCUT2D eigenvalue weighted by atomic mass is 16.5. The molecule has 1 aromatic heterocycles. The van der Waals surface area contributed by atoms with E-state index in [1.807, 2.05) is 0 Å². The van der Waals surface area contributed by atoms with Gasteiger partial charge in [0.1, 0.15) is 0 Å². The number of anilines is 1. The maximum absolute atomic E-state index is 11.6. The Balaban J connectivity index is 1.51. The summed E-state index contributed by atoms with van der Waals surface area (Å²) >= 11 is 0. The van der Waals surface area contributed by atoms with E-state index < -0.39 is 5.97 Å². The molecule has 0 aliphatic heterocycles. The summed E-state index contributed by atoms with van der Waals surface area (Å²) in [7, 11) is 0. The van der Waals surface area contributed by atoms with Gasteiger partial charge in [0.05, 0.1) is 6.42 Å². The Morgan fingerprint density at radius 1 is 1.17 bits per heavy atom. The lowest BCUT2D eigenvalue weighted by molar-refractivity contribution is -0.148. The maximum atomic E-state index is 11.6. The predicted molar refractivity (Wildman–Crippen MR) is 90.3 cm³/mol. The molecule has 1 aromatic rings. The maximum Gasteiger partial charge on any atom is 0.308 e. The van der Waals surface area contributed by atoms with Gasteiger partial charge in [-0.05, 0) is 38.2 Å². The normalized spacial score (nSPS) is 13.8. The molecule has 0 unspecified atom stereocenters. The highest BCUT2D eigenvalue weighted by Crippen LogP contribution is 2.19. The highest BCUT2D eigenvalue weighted by molar-refractivity contribution is 5.80. The van der Waals surface area contributed by atoms with Crippen molar-refractivity contribution in [2.75, 3.05) is 25.0 Å². The summed E-state index contributed by atoms with van der Waals surface area (Å²) in [6, 6.07) is 1.71. The van der Waals surface area contributed by atoms with E-state index in [1.165, 1.54) is 18.4 Å². The minimum absolute atomic E-state index is 0.151. The number of hydrogen-bond donors (Lipinski definition) is 2. The van der Waals surface area contributed by atoms with Crippen LogP contribution in [0.25, 0.3) is 0 Å². The summed E-state index contributed by atoms with van der Waals surface area (Å²) < 4.78 is 4.94. The molecule has 0 saturated heterocycles. The van der Waals surface area contributed by atoms with E-state index in [0.717, 1.165) is 19.3 Å². The van der Waals surface area contributed by atoms with E-state index in [9.17, 15) is 9.59 Å². The molecule has 130 valence electrons. The largest absolute Gasteiger partial charge is 0.456 e. The number of rotatable bonds is 9. The second kappa shape index (κ2) is 10.4. The quantitative estimate of drug-likeness (QED) is 0.529. The fraction of sp³-hybridized carbons (Fsp3) is 0.529. The predicted octanol–water partition coefficient (Wildman–Crippen LogP) is 1.83. The first-order chi connectivity index (χ1) is 11.7. The van der Waals surface area contributed by atoms with Crippen molar-refractivity contribution in [3.05, 3.63) is 30.1 Å². The number of carbonyl (C=O) groups is 2. The lowest BCUT2D eigenvalue weighted by Gasteiger charge is -2.13. The third-order valence-corrected chi connectivity index (χ3v) is 3.70. The number of ether oxygens (including phenoxy) is 1. The van der Waals surface area contributed by atoms with Crippen molar-refractivity contribution in [1.29, 1.82) is 0 Å². The van der Waals surface area contributed by atoms with Crippen molar-refractivity contribution in [2.45, 2.75) is 38.5 Å². The molecule has 2 N–H and O–H groups in total. The molecule has 1 aliphatic rings. The van der Waals surface area contributed by atoms with Crippen LogP contribution in [0.3, 0.4) is 0 Å². The molecule has 0 spiro atoms. The van der Waals surface area contributed by atoms with E-state index in [2.05, 4.69) is 26.7 Å². The molecule has 0 aromatic carbocycles. The average Bonchev–Trinajstić information content (AvgIpc) is 2.62. The molecule has 0 atom stereocenters. The smallest absolute Gasteiger partial charge is 0.308 e. The van der Waals surface area contributed by atoms with Crippen LogP contribution in [-0.2, 0) is 14.3 Å². The number of allylic oxidation sites excluding steroid dienone is 1. The van der Waals surface area contributed by atoms with Crippen molar-refractivity contribution < 1.29 is 14.3 Å². The summed E-state index contributed by atoms with van der Waals surface area (Å²) in [4.78, 5) is 31.2.